The van der Waals surface area contributed by atoms with Crippen molar-refractivity contribution in [2.45, 2.75) is 57.8 Å². The second kappa shape index (κ2) is 26.2. The highest BCUT2D eigenvalue weighted by Crippen LogP contribution is 2.56. The van der Waals surface area contributed by atoms with Gasteiger partial charge in [0.15, 0.2) is 0 Å². The van der Waals surface area contributed by atoms with Gasteiger partial charge >= 0.3 is 0 Å². The lowest BCUT2D eigenvalue weighted by Gasteiger charge is -2.23. The van der Waals surface area contributed by atoms with Gasteiger partial charge in [-0.25, -0.2) is 0 Å². The summed E-state index contributed by atoms with van der Waals surface area (Å²) in [4.78, 5) is 0. The van der Waals surface area contributed by atoms with E-state index in [1.54, 1.807) is 0 Å². The van der Waals surface area contributed by atoms with Gasteiger partial charge in [-0.1, -0.05) is 381 Å². The van der Waals surface area contributed by atoms with E-state index >= 15 is 0 Å². The highest BCUT2D eigenvalue weighted by Gasteiger charge is 2.39. The Morgan fingerprint density at radius 3 is 0.826 bits per heavy atom. The van der Waals surface area contributed by atoms with Gasteiger partial charge in [-0.3, -0.25) is 0 Å². The monoisotopic (exact) mass is 1460 g/mol. The van der Waals surface area contributed by atoms with E-state index < -0.39 is 0 Å². The van der Waals surface area contributed by atoms with E-state index in [1.165, 1.54) is 231 Å². The third-order valence-corrected chi connectivity index (χ3v) is 26.3. The van der Waals surface area contributed by atoms with E-state index in [2.05, 4.69) is 430 Å². The van der Waals surface area contributed by atoms with Crippen LogP contribution in [-0.4, -0.2) is 0 Å². The van der Waals surface area contributed by atoms with Gasteiger partial charge in [0.2, 0.25) is 0 Å². The highest BCUT2D eigenvalue weighted by molar-refractivity contribution is 6.24. The fourth-order valence-electron chi connectivity index (χ4n) is 20.6. The van der Waals surface area contributed by atoms with E-state index in [9.17, 15) is 0 Å². The summed E-state index contributed by atoms with van der Waals surface area (Å²) in [5, 5.41) is 17.7. The molecule has 0 fully saturated rings. The number of rotatable bonds is 8. The van der Waals surface area contributed by atoms with Crippen molar-refractivity contribution < 1.29 is 0 Å². The number of fused-ring (bicyclic) bond motifs is 16. The Hall–Kier alpha value is -13.8. The van der Waals surface area contributed by atoms with Crippen LogP contribution in [0.25, 0.3) is 198 Å². The molecule has 0 radical (unpaired) electrons. The third-order valence-electron chi connectivity index (χ3n) is 26.3. The van der Waals surface area contributed by atoms with Gasteiger partial charge in [0.1, 0.15) is 0 Å². The Kier molecular flexibility index (Phi) is 15.5. The topological polar surface area (TPSA) is 0 Å². The van der Waals surface area contributed by atoms with Crippen molar-refractivity contribution in [2.75, 3.05) is 0 Å². The van der Waals surface area contributed by atoms with Gasteiger partial charge < -0.3 is 0 Å². The fourth-order valence-corrected chi connectivity index (χ4v) is 20.6. The van der Waals surface area contributed by atoms with Crippen molar-refractivity contribution in [2.24, 2.45) is 0 Å². The predicted molar refractivity (Wildman–Crippen MR) is 492 cm³/mol. The largest absolute Gasteiger partial charge is 0.0619 e. The first-order chi connectivity index (χ1) is 56.3. The summed E-state index contributed by atoms with van der Waals surface area (Å²) in [6.45, 7) is 14.3. The summed E-state index contributed by atoms with van der Waals surface area (Å²) < 4.78 is 0. The summed E-state index contributed by atoms with van der Waals surface area (Å²) in [7, 11) is 0. The van der Waals surface area contributed by atoms with Crippen molar-refractivity contribution in [3.8, 4) is 122 Å². The minimum Gasteiger partial charge on any atom is -0.0619 e. The van der Waals surface area contributed by atoms with Crippen LogP contribution in [0.15, 0.2) is 388 Å². The lowest BCUT2D eigenvalue weighted by molar-refractivity contribution is 0.660. The smallest absolute Gasteiger partial charge is 0.0159 e. The van der Waals surface area contributed by atoms with Gasteiger partial charge in [0.05, 0.1) is 0 Å². The molecule has 23 rings (SSSR count). The molecule has 20 aromatic rings. The Bertz CT molecular complexity index is 7480. The molecule has 542 valence electrons. The lowest BCUT2D eigenvalue weighted by atomic mass is 9.80. The molecular formula is C115H82. The maximum Gasteiger partial charge on any atom is 0.0159 e. The Morgan fingerprint density at radius 1 is 0.130 bits per heavy atom. The first-order valence-electron chi connectivity index (χ1n) is 40.7. The van der Waals surface area contributed by atoms with Crippen LogP contribution in [0, 0.1) is 0 Å². The SMILES string of the molecule is CC1(C)c2ccccc2-c2ccc(-c3c4ccccc4c(-c4cccc(-c5ccc6ccccc6c5)c4)c4ccc(-c5cccc6ccccc56)cc34)cc21.CC1(C)c2ccccc2-c2ccc(-c3cccc(-c4c5ccccc5c(-c5ccc6c(c5)C(C)(C)c5ccccc5-6)c5cc(-c6cccc7ccccc67)ccc45)c3)cc21. The normalized spacial score (nSPS) is 13.7. The first kappa shape index (κ1) is 68.1. The molecular weight excluding hydrogens is 1380 g/mol. The molecule has 0 amide bonds. The molecule has 0 heteroatoms. The summed E-state index contributed by atoms with van der Waals surface area (Å²) in [6, 6.07) is 146. The van der Waals surface area contributed by atoms with Gasteiger partial charge in [-0.2, -0.15) is 0 Å². The molecule has 0 aliphatic heterocycles. The van der Waals surface area contributed by atoms with E-state index in [1.807, 2.05) is 0 Å². The van der Waals surface area contributed by atoms with Crippen molar-refractivity contribution >= 4 is 75.4 Å². The molecule has 0 heterocycles. The van der Waals surface area contributed by atoms with Crippen LogP contribution in [0.1, 0.15) is 74.9 Å². The minimum absolute atomic E-state index is 0.0564. The molecule has 20 aromatic carbocycles. The van der Waals surface area contributed by atoms with E-state index in [-0.39, 0.29) is 16.2 Å². The molecule has 0 unspecified atom stereocenters. The maximum atomic E-state index is 2.50. The molecule has 3 aliphatic carbocycles. The molecule has 3 aliphatic rings. The van der Waals surface area contributed by atoms with Crippen molar-refractivity contribution in [1.29, 1.82) is 0 Å². The second-order valence-corrected chi connectivity index (χ2v) is 33.7. The molecule has 0 nitrogen and oxygen atoms in total. The number of hydrogen-bond donors (Lipinski definition) is 0. The first-order valence-corrected chi connectivity index (χ1v) is 40.7. The van der Waals surface area contributed by atoms with Crippen LogP contribution in [0.4, 0.5) is 0 Å². The lowest BCUT2D eigenvalue weighted by Crippen LogP contribution is -2.14. The van der Waals surface area contributed by atoms with E-state index in [0.29, 0.717) is 0 Å². The summed E-state index contributed by atoms with van der Waals surface area (Å²) >= 11 is 0. The maximum absolute atomic E-state index is 2.50. The second-order valence-electron chi connectivity index (χ2n) is 33.7. The van der Waals surface area contributed by atoms with Crippen molar-refractivity contribution in [3.05, 3.63) is 422 Å². The third kappa shape index (κ3) is 10.7. The van der Waals surface area contributed by atoms with E-state index in [4.69, 9.17) is 0 Å². The molecule has 0 aromatic heterocycles. The van der Waals surface area contributed by atoms with Gasteiger partial charge in [-0.05, 0) is 280 Å². The number of benzene rings is 20. The molecule has 0 saturated carbocycles. The fraction of sp³-hybridized carbons (Fsp3) is 0.0783. The quantitative estimate of drug-likeness (QED) is 0.133. The Labute approximate surface area is 672 Å². The van der Waals surface area contributed by atoms with Crippen LogP contribution in [0.5, 0.6) is 0 Å². The molecule has 0 spiro atoms. The summed E-state index contributed by atoms with van der Waals surface area (Å²) in [5.41, 5.74) is 36.2. The van der Waals surface area contributed by atoms with Gasteiger partial charge in [-0.15, -0.1) is 0 Å². The van der Waals surface area contributed by atoms with Crippen LogP contribution < -0.4 is 0 Å². The van der Waals surface area contributed by atoms with Crippen molar-refractivity contribution in [1.82, 2.24) is 0 Å². The molecule has 115 heavy (non-hydrogen) atoms. The van der Waals surface area contributed by atoms with Crippen LogP contribution in [0.3, 0.4) is 0 Å². The highest BCUT2D eigenvalue weighted by atomic mass is 14.4. The van der Waals surface area contributed by atoms with Gasteiger partial charge in [0.25, 0.3) is 0 Å². The molecule has 0 atom stereocenters. The summed E-state index contributed by atoms with van der Waals surface area (Å²) in [5.74, 6) is 0. The Balaban J connectivity index is 0.000000140. The molecule has 0 bridgehead atoms. The zero-order chi connectivity index (χ0) is 77.0. The Morgan fingerprint density at radius 2 is 0.391 bits per heavy atom. The van der Waals surface area contributed by atoms with Crippen LogP contribution in [0.2, 0.25) is 0 Å². The summed E-state index contributed by atoms with van der Waals surface area (Å²) in [6.07, 6.45) is 0. The average molecular weight is 1460 g/mol. The van der Waals surface area contributed by atoms with Crippen LogP contribution >= 0.6 is 0 Å². The number of hydrogen-bond acceptors (Lipinski definition) is 0. The minimum atomic E-state index is -0.0996. The predicted octanol–water partition coefficient (Wildman–Crippen LogP) is 31.7. The zero-order valence-corrected chi connectivity index (χ0v) is 65.5. The van der Waals surface area contributed by atoms with Crippen LogP contribution in [-0.2, 0) is 16.2 Å². The molecule has 0 saturated heterocycles. The zero-order valence-electron chi connectivity index (χ0n) is 65.5. The average Bonchev–Trinajstić information content (AvgIpc) is 1.74. The van der Waals surface area contributed by atoms with E-state index in [0.717, 1.165) is 0 Å². The molecule has 0 N–H and O–H groups in total. The standard InChI is InChI=1S/C60H44.C55H38/c1-59(2)53-25-11-9-20-45(53)47-30-27-39(35-55(47)59)38-17-13-18-41(33-38)57-49-22-7-8-23-50(49)58(42-29-31-48-46-21-10-12-26-54(46)60(3,4)56(48)36-42)52-34-40(28-32-51(52)57)44-24-14-16-37-15-5-6-19-43(37)44;1-55(2)51-24-10-9-20-45(51)46-29-28-42(34-52(46)55)54-48-22-8-7-21-47(48)53(41-18-11-17-38(32-41)39-26-25-35-13-3-4-15-37(35)31-39)49-30-27-40(33-50(49)54)44-23-12-16-36-14-5-6-19-43(36)44/h5-36H,1-4H3;3-34H,1-2H3. The van der Waals surface area contributed by atoms with Gasteiger partial charge in [0, 0.05) is 16.2 Å². The van der Waals surface area contributed by atoms with Crippen molar-refractivity contribution in [3.63, 3.8) is 0 Å².